The van der Waals surface area contributed by atoms with Crippen molar-refractivity contribution in [2.24, 2.45) is 0 Å². The number of hydrogen-bond donors (Lipinski definition) is 0. The van der Waals surface area contributed by atoms with Crippen LogP contribution >= 0.6 is 0 Å². The van der Waals surface area contributed by atoms with Crippen LogP contribution in [-0.2, 0) is 17.8 Å². The van der Waals surface area contributed by atoms with Crippen LogP contribution in [-0.4, -0.2) is 62.8 Å². The van der Waals surface area contributed by atoms with Crippen LogP contribution in [0.3, 0.4) is 0 Å². The van der Waals surface area contributed by atoms with E-state index in [1.807, 2.05) is 0 Å². The van der Waals surface area contributed by atoms with Gasteiger partial charge in [0.2, 0.25) is 0 Å². The predicted molar refractivity (Wildman–Crippen MR) is 95.2 cm³/mol. The molecule has 4 heteroatoms. The Hall–Kier alpha value is -1.10. The minimum Gasteiger partial charge on any atom is -0.491 e. The number of rotatable bonds is 8. The molecule has 2 rings (SSSR count). The van der Waals surface area contributed by atoms with Gasteiger partial charge in [0, 0.05) is 38.9 Å². The summed E-state index contributed by atoms with van der Waals surface area (Å²) in [7, 11) is 3.94. The average Bonchev–Trinajstić information content (AvgIpc) is 2.51. The maximum atomic E-state index is 5.87. The van der Waals surface area contributed by atoms with Crippen LogP contribution in [0.4, 0.5) is 0 Å². The lowest BCUT2D eigenvalue weighted by molar-refractivity contribution is 0.153. The third kappa shape index (κ3) is 6.13. The van der Waals surface area contributed by atoms with Gasteiger partial charge in [0.15, 0.2) is 0 Å². The average molecular weight is 320 g/mol. The number of ether oxygens (including phenoxy) is 2. The number of benzene rings is 1. The first-order valence-electron chi connectivity index (χ1n) is 8.76. The summed E-state index contributed by atoms with van der Waals surface area (Å²) >= 11 is 0. The Morgan fingerprint density at radius 3 is 2.52 bits per heavy atom. The summed E-state index contributed by atoms with van der Waals surface area (Å²) in [6.45, 7) is 10.7. The summed E-state index contributed by atoms with van der Waals surface area (Å²) in [5.74, 6) is 0.949. The van der Waals surface area contributed by atoms with Crippen molar-refractivity contribution >= 4 is 0 Å². The molecule has 4 nitrogen and oxygen atoms in total. The van der Waals surface area contributed by atoms with E-state index in [2.05, 4.69) is 48.9 Å². The third-order valence-electron chi connectivity index (χ3n) is 4.32. The van der Waals surface area contributed by atoms with Gasteiger partial charge in [-0.1, -0.05) is 6.07 Å². The highest BCUT2D eigenvalue weighted by atomic mass is 16.5. The van der Waals surface area contributed by atoms with Crippen LogP contribution in [0, 0.1) is 0 Å². The van der Waals surface area contributed by atoms with Gasteiger partial charge < -0.3 is 19.3 Å². The number of piperazine rings is 1. The fourth-order valence-corrected chi connectivity index (χ4v) is 3.00. The van der Waals surface area contributed by atoms with Gasteiger partial charge in [-0.05, 0) is 58.0 Å². The normalized spacial score (nSPS) is 16.9. The highest BCUT2D eigenvalue weighted by Crippen LogP contribution is 2.23. The Morgan fingerprint density at radius 1 is 1.13 bits per heavy atom. The van der Waals surface area contributed by atoms with E-state index in [0.717, 1.165) is 17.7 Å². The Kier molecular flexibility index (Phi) is 7.34. The molecule has 0 N–H and O–H groups in total. The lowest BCUT2D eigenvalue weighted by Gasteiger charge is -2.32. The number of aryl methyl sites for hydroxylation is 1. The second kappa shape index (κ2) is 9.26. The molecule has 0 amide bonds. The summed E-state index contributed by atoms with van der Waals surface area (Å²) in [4.78, 5) is 4.98. The molecular weight excluding hydrogens is 288 g/mol. The zero-order valence-corrected chi connectivity index (χ0v) is 15.2. The molecule has 0 saturated carbocycles. The van der Waals surface area contributed by atoms with E-state index >= 15 is 0 Å². The Bertz CT molecular complexity index is 468. The van der Waals surface area contributed by atoms with Crippen LogP contribution in [0.25, 0.3) is 0 Å². The smallest absolute Gasteiger partial charge is 0.125 e. The highest BCUT2D eigenvalue weighted by Gasteiger charge is 2.13. The summed E-state index contributed by atoms with van der Waals surface area (Å²) < 4.78 is 11.2. The molecule has 0 aliphatic carbocycles. The molecule has 0 aromatic heterocycles. The Balaban J connectivity index is 1.85. The van der Waals surface area contributed by atoms with Crippen molar-refractivity contribution in [3.63, 3.8) is 0 Å². The zero-order valence-electron chi connectivity index (χ0n) is 15.2. The number of likely N-dealkylation sites (N-methyl/N-ethyl adjacent to an activating group) is 1. The lowest BCUT2D eigenvalue weighted by Crippen LogP contribution is -2.44. The summed E-state index contributed by atoms with van der Waals surface area (Å²) in [6.07, 6.45) is 2.51. The van der Waals surface area contributed by atoms with E-state index in [9.17, 15) is 0 Å². The molecule has 130 valence electrons. The number of hydrogen-bond acceptors (Lipinski definition) is 4. The van der Waals surface area contributed by atoms with Crippen molar-refractivity contribution in [3.05, 3.63) is 29.3 Å². The van der Waals surface area contributed by atoms with Crippen molar-refractivity contribution in [3.8, 4) is 5.75 Å². The van der Waals surface area contributed by atoms with Crippen LogP contribution < -0.4 is 4.74 Å². The standard InChI is InChI=1S/C19H32N2O2/c1-16(2)23-19-8-7-17(14-18(19)15-22-4)6-5-9-21-12-10-20(3)11-13-21/h7-8,14,16H,5-6,9-13,15H2,1-4H3. The first-order valence-corrected chi connectivity index (χ1v) is 8.76. The topological polar surface area (TPSA) is 24.9 Å². The fourth-order valence-electron chi connectivity index (χ4n) is 3.00. The van der Waals surface area contributed by atoms with Gasteiger partial charge >= 0.3 is 0 Å². The van der Waals surface area contributed by atoms with Gasteiger partial charge in [0.05, 0.1) is 12.7 Å². The molecule has 0 bridgehead atoms. The van der Waals surface area contributed by atoms with Gasteiger partial charge in [-0.15, -0.1) is 0 Å². The van der Waals surface area contributed by atoms with Crippen LogP contribution in [0.15, 0.2) is 18.2 Å². The largest absolute Gasteiger partial charge is 0.491 e. The van der Waals surface area contributed by atoms with Crippen molar-refractivity contribution in [2.75, 3.05) is 46.9 Å². The first-order chi connectivity index (χ1) is 11.1. The molecule has 0 spiro atoms. The molecule has 1 heterocycles. The van der Waals surface area contributed by atoms with Crippen molar-refractivity contribution in [2.45, 2.75) is 39.4 Å². The molecule has 1 fully saturated rings. The third-order valence-corrected chi connectivity index (χ3v) is 4.32. The number of methoxy groups -OCH3 is 1. The molecule has 0 atom stereocenters. The van der Waals surface area contributed by atoms with Gasteiger partial charge in [-0.2, -0.15) is 0 Å². The van der Waals surface area contributed by atoms with Crippen LogP contribution in [0.2, 0.25) is 0 Å². The predicted octanol–water partition coefficient (Wildman–Crippen LogP) is 2.80. The lowest BCUT2D eigenvalue weighted by atomic mass is 10.1. The number of nitrogens with zero attached hydrogens (tertiary/aromatic N) is 2. The highest BCUT2D eigenvalue weighted by molar-refractivity contribution is 5.37. The molecule has 1 aromatic carbocycles. The monoisotopic (exact) mass is 320 g/mol. The van der Waals surface area contributed by atoms with Crippen molar-refractivity contribution in [1.82, 2.24) is 9.80 Å². The molecular formula is C19H32N2O2. The van der Waals surface area contributed by atoms with E-state index in [0.29, 0.717) is 6.61 Å². The SMILES string of the molecule is COCc1cc(CCCN2CCN(C)CC2)ccc1OC(C)C. The summed E-state index contributed by atoms with van der Waals surface area (Å²) in [5.41, 5.74) is 2.53. The maximum absolute atomic E-state index is 5.87. The molecule has 1 aromatic rings. The minimum atomic E-state index is 0.189. The molecule has 1 saturated heterocycles. The molecule has 1 aliphatic heterocycles. The van der Waals surface area contributed by atoms with Gasteiger partial charge in [0.1, 0.15) is 5.75 Å². The Morgan fingerprint density at radius 2 is 1.87 bits per heavy atom. The molecule has 0 unspecified atom stereocenters. The molecule has 1 aliphatic rings. The first kappa shape index (κ1) is 18.2. The van der Waals surface area contributed by atoms with E-state index in [1.165, 1.54) is 44.7 Å². The van der Waals surface area contributed by atoms with E-state index < -0.39 is 0 Å². The summed E-state index contributed by atoms with van der Waals surface area (Å²) in [6, 6.07) is 6.53. The summed E-state index contributed by atoms with van der Waals surface area (Å²) in [5, 5.41) is 0. The van der Waals surface area contributed by atoms with Gasteiger partial charge in [0.25, 0.3) is 0 Å². The van der Waals surface area contributed by atoms with Crippen molar-refractivity contribution < 1.29 is 9.47 Å². The van der Waals surface area contributed by atoms with Gasteiger partial charge in [-0.3, -0.25) is 0 Å². The molecule has 0 radical (unpaired) electrons. The van der Waals surface area contributed by atoms with Crippen molar-refractivity contribution in [1.29, 1.82) is 0 Å². The van der Waals surface area contributed by atoms with E-state index in [1.54, 1.807) is 7.11 Å². The minimum absolute atomic E-state index is 0.189. The van der Waals surface area contributed by atoms with Crippen LogP contribution in [0.1, 0.15) is 31.4 Å². The second-order valence-corrected chi connectivity index (χ2v) is 6.79. The quantitative estimate of drug-likeness (QED) is 0.735. The second-order valence-electron chi connectivity index (χ2n) is 6.79. The zero-order chi connectivity index (χ0) is 16.7. The van der Waals surface area contributed by atoms with E-state index in [-0.39, 0.29) is 6.10 Å². The van der Waals surface area contributed by atoms with Crippen LogP contribution in [0.5, 0.6) is 5.75 Å². The Labute approximate surface area is 141 Å². The molecule has 23 heavy (non-hydrogen) atoms. The fraction of sp³-hybridized carbons (Fsp3) is 0.684. The van der Waals surface area contributed by atoms with E-state index in [4.69, 9.17) is 9.47 Å². The maximum Gasteiger partial charge on any atom is 0.125 e. The van der Waals surface area contributed by atoms with Gasteiger partial charge in [-0.25, -0.2) is 0 Å².